The molecule has 1 N–H and O–H groups in total. The van der Waals surface area contributed by atoms with Crippen molar-refractivity contribution in [1.82, 2.24) is 10.3 Å². The summed E-state index contributed by atoms with van der Waals surface area (Å²) in [7, 11) is 0. The molecule has 0 atom stereocenters. The van der Waals surface area contributed by atoms with Crippen LogP contribution in [0, 0.1) is 0 Å². The topological polar surface area (TPSA) is 68.0 Å². The lowest BCUT2D eigenvalue weighted by atomic mass is 10.1. The van der Waals surface area contributed by atoms with Gasteiger partial charge in [-0.25, -0.2) is 4.63 Å². The van der Waals surface area contributed by atoms with E-state index in [1.807, 2.05) is 25.1 Å². The van der Waals surface area contributed by atoms with Crippen molar-refractivity contribution in [3.63, 3.8) is 0 Å². The zero-order chi connectivity index (χ0) is 13.0. The fourth-order valence-electron chi connectivity index (χ4n) is 1.57. The molecular formula is C12H12BrN3O2. The smallest absolute Gasteiger partial charge is 0.257 e. The van der Waals surface area contributed by atoms with Crippen LogP contribution in [0.4, 0.5) is 5.82 Å². The van der Waals surface area contributed by atoms with E-state index >= 15 is 0 Å². The number of carbonyl (C=O) groups is 1. The van der Waals surface area contributed by atoms with E-state index in [1.54, 1.807) is 6.07 Å². The van der Waals surface area contributed by atoms with E-state index in [4.69, 9.17) is 0 Å². The molecule has 0 saturated heterocycles. The number of rotatable bonds is 4. The van der Waals surface area contributed by atoms with Crippen LogP contribution in [0.1, 0.15) is 28.5 Å². The van der Waals surface area contributed by atoms with Crippen LogP contribution >= 0.6 is 15.9 Å². The van der Waals surface area contributed by atoms with Gasteiger partial charge in [0.2, 0.25) is 5.82 Å². The van der Waals surface area contributed by atoms with Crippen LogP contribution in [0.3, 0.4) is 0 Å². The summed E-state index contributed by atoms with van der Waals surface area (Å²) in [5.41, 5.74) is 2.17. The third-order valence-corrected chi connectivity index (χ3v) is 3.13. The first-order chi connectivity index (χ1) is 8.76. The molecule has 2 rings (SSSR count). The van der Waals surface area contributed by atoms with Crippen LogP contribution in [0.25, 0.3) is 0 Å². The van der Waals surface area contributed by atoms with Gasteiger partial charge in [0.15, 0.2) is 0 Å². The minimum absolute atomic E-state index is 0.213. The molecule has 1 heterocycles. The summed E-state index contributed by atoms with van der Waals surface area (Å²) in [4.78, 5) is 12.1. The first kappa shape index (κ1) is 12.8. The Morgan fingerprint density at radius 3 is 2.89 bits per heavy atom. The second-order valence-electron chi connectivity index (χ2n) is 3.66. The van der Waals surface area contributed by atoms with Gasteiger partial charge in [0.1, 0.15) is 5.69 Å². The van der Waals surface area contributed by atoms with E-state index in [1.165, 1.54) is 0 Å². The van der Waals surface area contributed by atoms with Crippen molar-refractivity contribution < 1.29 is 9.42 Å². The van der Waals surface area contributed by atoms with Gasteiger partial charge in [-0.05, 0) is 23.2 Å². The number of anilines is 1. The molecule has 0 fully saturated rings. The molecule has 2 aromatic rings. The normalized spacial score (nSPS) is 10.3. The fourth-order valence-corrected chi connectivity index (χ4v) is 2.06. The first-order valence-corrected chi connectivity index (χ1v) is 6.65. The largest absolute Gasteiger partial charge is 0.302 e. The third-order valence-electron chi connectivity index (χ3n) is 2.53. The average Bonchev–Trinajstić information content (AvgIpc) is 2.85. The van der Waals surface area contributed by atoms with Crippen molar-refractivity contribution in [2.45, 2.75) is 18.7 Å². The molecule has 6 heteroatoms. The van der Waals surface area contributed by atoms with E-state index in [0.717, 1.165) is 5.56 Å². The molecule has 18 heavy (non-hydrogen) atoms. The van der Waals surface area contributed by atoms with Crippen LogP contribution in [0.5, 0.6) is 0 Å². The summed E-state index contributed by atoms with van der Waals surface area (Å²) in [6.07, 6.45) is 0.652. The lowest BCUT2D eigenvalue weighted by Crippen LogP contribution is -2.15. The number of aromatic nitrogens is 2. The highest BCUT2D eigenvalue weighted by atomic mass is 79.9. The summed E-state index contributed by atoms with van der Waals surface area (Å²) in [6, 6.07) is 7.38. The quantitative estimate of drug-likeness (QED) is 0.882. The number of hydrogen-bond acceptors (Lipinski definition) is 4. The van der Waals surface area contributed by atoms with Crippen molar-refractivity contribution >= 4 is 27.7 Å². The molecule has 0 saturated carbocycles. The maximum Gasteiger partial charge on any atom is 0.257 e. The Kier molecular flexibility index (Phi) is 4.09. The number of nitrogens with zero attached hydrogens (tertiary/aromatic N) is 2. The summed E-state index contributed by atoms with van der Waals surface area (Å²) >= 11 is 3.36. The van der Waals surface area contributed by atoms with Gasteiger partial charge in [-0.2, -0.15) is 0 Å². The maximum atomic E-state index is 12.1. The second kappa shape index (κ2) is 5.77. The van der Waals surface area contributed by atoms with Gasteiger partial charge in [0, 0.05) is 10.9 Å². The number of alkyl halides is 1. The summed E-state index contributed by atoms with van der Waals surface area (Å²) < 4.78 is 4.61. The van der Waals surface area contributed by atoms with Gasteiger partial charge in [0.25, 0.3) is 5.91 Å². The summed E-state index contributed by atoms with van der Waals surface area (Å²) in [5.74, 6) is 0.169. The Bertz CT molecular complexity index is 554. The van der Waals surface area contributed by atoms with Gasteiger partial charge in [-0.1, -0.05) is 46.2 Å². The molecule has 0 aliphatic heterocycles. The van der Waals surface area contributed by atoms with Crippen LogP contribution in [0.15, 0.2) is 28.9 Å². The van der Waals surface area contributed by atoms with Crippen LogP contribution in [-0.2, 0) is 11.8 Å². The second-order valence-corrected chi connectivity index (χ2v) is 4.22. The molecule has 1 aromatic heterocycles. The van der Waals surface area contributed by atoms with E-state index in [9.17, 15) is 4.79 Å². The molecule has 0 aliphatic rings. The Hall–Kier alpha value is -1.69. The minimum Gasteiger partial charge on any atom is -0.302 e. The average molecular weight is 310 g/mol. The summed E-state index contributed by atoms with van der Waals surface area (Å²) in [6.45, 7) is 1.92. The molecule has 0 radical (unpaired) electrons. The highest BCUT2D eigenvalue weighted by Crippen LogP contribution is 2.16. The Labute approximate surface area is 113 Å². The van der Waals surface area contributed by atoms with E-state index in [0.29, 0.717) is 28.8 Å². The zero-order valence-corrected chi connectivity index (χ0v) is 11.4. The van der Waals surface area contributed by atoms with Crippen LogP contribution < -0.4 is 5.32 Å². The number of hydrogen-bond donors (Lipinski definition) is 1. The van der Waals surface area contributed by atoms with Crippen molar-refractivity contribution in [3.05, 3.63) is 41.1 Å². The molecule has 0 unspecified atom stereocenters. The van der Waals surface area contributed by atoms with Crippen molar-refractivity contribution in [1.29, 1.82) is 0 Å². The lowest BCUT2D eigenvalue weighted by molar-refractivity contribution is 0.102. The Morgan fingerprint density at radius 1 is 1.39 bits per heavy atom. The molecule has 0 spiro atoms. The Balaban J connectivity index is 2.22. The molecule has 0 aliphatic carbocycles. The molecule has 0 bridgehead atoms. The van der Waals surface area contributed by atoms with Crippen molar-refractivity contribution in [3.8, 4) is 0 Å². The van der Waals surface area contributed by atoms with Gasteiger partial charge >= 0.3 is 0 Å². The third kappa shape index (κ3) is 2.59. The number of carbonyl (C=O) groups excluding carboxylic acids is 1. The zero-order valence-electron chi connectivity index (χ0n) is 9.81. The standard InChI is InChI=1S/C12H12BrN3O2/c1-2-10-11(16-18-15-10)14-12(17)9-6-4-3-5-8(9)7-13/h3-6H,2,7H2,1H3,(H,14,16,17). The molecule has 1 aromatic carbocycles. The molecule has 1 amide bonds. The number of amides is 1. The van der Waals surface area contributed by atoms with Crippen LogP contribution in [-0.4, -0.2) is 16.2 Å². The first-order valence-electron chi connectivity index (χ1n) is 5.53. The molecular weight excluding hydrogens is 298 g/mol. The van der Waals surface area contributed by atoms with E-state index in [2.05, 4.69) is 36.2 Å². The fraction of sp³-hybridized carbons (Fsp3) is 0.250. The molecule has 5 nitrogen and oxygen atoms in total. The van der Waals surface area contributed by atoms with E-state index in [-0.39, 0.29) is 5.91 Å². The van der Waals surface area contributed by atoms with E-state index < -0.39 is 0 Å². The predicted molar refractivity (Wildman–Crippen MR) is 70.7 cm³/mol. The van der Waals surface area contributed by atoms with Gasteiger partial charge in [-0.3, -0.25) is 4.79 Å². The number of aryl methyl sites for hydroxylation is 1. The number of halogens is 1. The van der Waals surface area contributed by atoms with Crippen molar-refractivity contribution in [2.24, 2.45) is 0 Å². The number of benzene rings is 1. The minimum atomic E-state index is -0.213. The van der Waals surface area contributed by atoms with Gasteiger partial charge in [-0.15, -0.1) is 0 Å². The van der Waals surface area contributed by atoms with Gasteiger partial charge in [0.05, 0.1) is 0 Å². The predicted octanol–water partition coefficient (Wildman–Crippen LogP) is 2.78. The van der Waals surface area contributed by atoms with Gasteiger partial charge < -0.3 is 5.32 Å². The highest BCUT2D eigenvalue weighted by molar-refractivity contribution is 9.08. The SMILES string of the molecule is CCc1nonc1NC(=O)c1ccccc1CBr. The summed E-state index contributed by atoms with van der Waals surface area (Å²) in [5, 5.41) is 10.7. The molecule has 94 valence electrons. The maximum absolute atomic E-state index is 12.1. The Morgan fingerprint density at radius 2 is 2.17 bits per heavy atom. The number of nitrogens with one attached hydrogen (secondary N) is 1. The lowest BCUT2D eigenvalue weighted by Gasteiger charge is -2.06. The highest BCUT2D eigenvalue weighted by Gasteiger charge is 2.15. The monoisotopic (exact) mass is 309 g/mol. The van der Waals surface area contributed by atoms with Crippen LogP contribution in [0.2, 0.25) is 0 Å². The van der Waals surface area contributed by atoms with Crippen molar-refractivity contribution in [2.75, 3.05) is 5.32 Å².